The zero-order valence-corrected chi connectivity index (χ0v) is 14.9. The third-order valence-electron chi connectivity index (χ3n) is 3.74. The van der Waals surface area contributed by atoms with Gasteiger partial charge in [0.1, 0.15) is 5.70 Å². The fraction of sp³-hybridized carbons (Fsp3) is 0.412. The quantitative estimate of drug-likeness (QED) is 0.805. The van der Waals surface area contributed by atoms with Crippen molar-refractivity contribution in [3.63, 3.8) is 0 Å². The van der Waals surface area contributed by atoms with E-state index in [1.54, 1.807) is 18.8 Å². The number of quaternary nitrogens is 1. The SMILES string of the molecule is CC[N+]1(COC(=O)NC)C=NC(C(C)C)=C1Sc1ccccc1. The molecule has 1 atom stereocenters. The molecule has 0 aliphatic carbocycles. The predicted molar refractivity (Wildman–Crippen MR) is 93.9 cm³/mol. The van der Waals surface area contributed by atoms with Crippen LogP contribution in [0.3, 0.4) is 0 Å². The second-order valence-corrected chi connectivity index (χ2v) is 6.73. The van der Waals surface area contributed by atoms with Crippen molar-refractivity contribution < 1.29 is 14.0 Å². The van der Waals surface area contributed by atoms with E-state index in [1.807, 2.05) is 24.5 Å². The summed E-state index contributed by atoms with van der Waals surface area (Å²) in [5, 5.41) is 3.61. The summed E-state index contributed by atoms with van der Waals surface area (Å²) < 4.78 is 5.78. The summed E-state index contributed by atoms with van der Waals surface area (Å²) in [6.45, 7) is 7.35. The van der Waals surface area contributed by atoms with Crippen molar-refractivity contribution in [3.8, 4) is 0 Å². The molecular formula is C17H24N3O2S+. The summed E-state index contributed by atoms with van der Waals surface area (Å²) >= 11 is 1.69. The lowest BCUT2D eigenvalue weighted by atomic mass is 10.1. The van der Waals surface area contributed by atoms with Crippen LogP contribution in [0, 0.1) is 5.92 Å². The summed E-state index contributed by atoms with van der Waals surface area (Å²) in [5.74, 6) is 0.309. The first kappa shape index (κ1) is 17.6. The molecule has 0 saturated carbocycles. The van der Waals surface area contributed by atoms with E-state index in [0.717, 1.165) is 22.2 Å². The fourth-order valence-corrected chi connectivity index (χ4v) is 3.62. The minimum atomic E-state index is -0.425. The van der Waals surface area contributed by atoms with Crippen molar-refractivity contribution in [2.24, 2.45) is 10.9 Å². The number of thioether (sulfide) groups is 1. The number of aliphatic imine (C=N–C) groups is 1. The van der Waals surface area contributed by atoms with Gasteiger partial charge in [0.2, 0.25) is 11.8 Å². The zero-order chi connectivity index (χ0) is 16.9. The Morgan fingerprint density at radius 3 is 2.61 bits per heavy atom. The molecule has 1 unspecified atom stereocenters. The van der Waals surface area contributed by atoms with Crippen LogP contribution in [0.1, 0.15) is 20.8 Å². The maximum absolute atomic E-state index is 11.5. The Hall–Kier alpha value is -1.79. The van der Waals surface area contributed by atoms with E-state index in [-0.39, 0.29) is 6.73 Å². The molecule has 0 aromatic heterocycles. The normalized spacial score (nSPS) is 20.2. The summed E-state index contributed by atoms with van der Waals surface area (Å²) in [5.41, 5.74) is 1.06. The van der Waals surface area contributed by atoms with Gasteiger partial charge in [-0.3, -0.25) is 0 Å². The molecule has 5 nitrogen and oxygen atoms in total. The van der Waals surface area contributed by atoms with Crippen LogP contribution in [0.25, 0.3) is 0 Å². The predicted octanol–water partition coefficient (Wildman–Crippen LogP) is 3.80. The molecule has 2 rings (SSSR count). The van der Waals surface area contributed by atoms with Crippen LogP contribution in [-0.2, 0) is 4.74 Å². The van der Waals surface area contributed by atoms with E-state index in [2.05, 4.69) is 43.2 Å². The van der Waals surface area contributed by atoms with Crippen molar-refractivity contribution in [2.45, 2.75) is 25.7 Å². The standard InChI is InChI=1S/C17H23N3O2S/c1-5-20(12-22-17(21)18-4)11-19-15(13(2)3)16(20)23-14-9-7-6-8-10-14/h6-11,13H,5,12H2,1-4H3/p+1. The molecule has 0 saturated heterocycles. The lowest BCUT2D eigenvalue weighted by Crippen LogP contribution is -2.46. The Bertz CT molecular complexity index is 614. The smallest absolute Gasteiger partial charge is 0.398 e. The second kappa shape index (κ2) is 7.66. The Kier molecular flexibility index (Phi) is 5.85. The van der Waals surface area contributed by atoms with Gasteiger partial charge in [-0.05, 0) is 30.8 Å². The number of ether oxygens (including phenoxy) is 1. The van der Waals surface area contributed by atoms with Crippen LogP contribution < -0.4 is 5.32 Å². The molecule has 0 fully saturated rings. The van der Waals surface area contributed by atoms with Gasteiger partial charge in [0.05, 0.1) is 6.54 Å². The van der Waals surface area contributed by atoms with Crippen LogP contribution in [-0.4, -0.2) is 37.2 Å². The van der Waals surface area contributed by atoms with E-state index in [9.17, 15) is 4.79 Å². The number of amides is 1. The first-order valence-electron chi connectivity index (χ1n) is 7.76. The number of nitrogens with one attached hydrogen (secondary N) is 1. The molecule has 1 amide bonds. The minimum absolute atomic E-state index is 0.241. The molecule has 1 aliphatic rings. The molecule has 0 bridgehead atoms. The van der Waals surface area contributed by atoms with Crippen LogP contribution in [0.5, 0.6) is 0 Å². The highest BCUT2D eigenvalue weighted by Crippen LogP contribution is 2.41. The summed E-state index contributed by atoms with van der Waals surface area (Å²) in [4.78, 5) is 17.3. The van der Waals surface area contributed by atoms with Crippen LogP contribution in [0.4, 0.5) is 4.79 Å². The van der Waals surface area contributed by atoms with Gasteiger partial charge in [0, 0.05) is 17.9 Å². The molecule has 6 heteroatoms. The van der Waals surface area contributed by atoms with Gasteiger partial charge in [0.15, 0.2) is 6.34 Å². The maximum atomic E-state index is 11.5. The minimum Gasteiger partial charge on any atom is -0.398 e. The Morgan fingerprint density at radius 2 is 2.04 bits per heavy atom. The Morgan fingerprint density at radius 1 is 1.35 bits per heavy atom. The van der Waals surface area contributed by atoms with Crippen LogP contribution in [0.15, 0.2) is 50.9 Å². The topological polar surface area (TPSA) is 50.7 Å². The van der Waals surface area contributed by atoms with Crippen molar-refractivity contribution >= 4 is 24.2 Å². The number of carbonyl (C=O) groups excluding carboxylic acids is 1. The second-order valence-electron chi connectivity index (χ2n) is 5.67. The Labute approximate surface area is 142 Å². The highest BCUT2D eigenvalue weighted by atomic mass is 32.2. The third kappa shape index (κ3) is 3.95. The van der Waals surface area contributed by atoms with Gasteiger partial charge in [-0.15, -0.1) is 0 Å². The molecule has 0 spiro atoms. The number of hydrogen-bond acceptors (Lipinski definition) is 4. The molecule has 1 aromatic rings. The van der Waals surface area contributed by atoms with E-state index in [0.29, 0.717) is 10.4 Å². The number of benzene rings is 1. The van der Waals surface area contributed by atoms with Crippen molar-refractivity contribution in [1.82, 2.24) is 5.32 Å². The fourth-order valence-electron chi connectivity index (χ4n) is 2.30. The lowest BCUT2D eigenvalue weighted by molar-refractivity contribution is -0.803. The van der Waals surface area contributed by atoms with Crippen LogP contribution >= 0.6 is 11.8 Å². The zero-order valence-electron chi connectivity index (χ0n) is 14.1. The van der Waals surface area contributed by atoms with Gasteiger partial charge < -0.3 is 10.1 Å². The number of rotatable bonds is 6. The number of allylic oxidation sites excluding steroid dienone is 1. The third-order valence-corrected chi connectivity index (χ3v) is 5.01. The van der Waals surface area contributed by atoms with Gasteiger partial charge in [-0.25, -0.2) is 14.3 Å². The van der Waals surface area contributed by atoms with Gasteiger partial charge in [-0.1, -0.05) is 32.0 Å². The average molecular weight is 334 g/mol. The van der Waals surface area contributed by atoms with Gasteiger partial charge in [0.25, 0.3) is 0 Å². The highest BCUT2D eigenvalue weighted by molar-refractivity contribution is 8.02. The number of hydrogen-bond donors (Lipinski definition) is 1. The molecule has 1 N–H and O–H groups in total. The highest BCUT2D eigenvalue weighted by Gasteiger charge is 2.40. The first-order chi connectivity index (χ1) is 11.0. The van der Waals surface area contributed by atoms with Crippen molar-refractivity contribution in [3.05, 3.63) is 41.1 Å². The molecule has 1 aliphatic heterocycles. The molecule has 1 heterocycles. The molecule has 0 radical (unpaired) electrons. The number of nitrogens with zero attached hydrogens (tertiary/aromatic N) is 2. The summed E-state index contributed by atoms with van der Waals surface area (Å²) in [6.07, 6.45) is 1.47. The first-order valence-corrected chi connectivity index (χ1v) is 8.58. The monoisotopic (exact) mass is 334 g/mol. The lowest BCUT2D eigenvalue weighted by Gasteiger charge is -2.30. The van der Waals surface area contributed by atoms with E-state index in [4.69, 9.17) is 4.74 Å². The molecule has 1 aromatic carbocycles. The van der Waals surface area contributed by atoms with Crippen molar-refractivity contribution in [2.75, 3.05) is 20.3 Å². The van der Waals surface area contributed by atoms with E-state index < -0.39 is 6.09 Å². The van der Waals surface area contributed by atoms with E-state index >= 15 is 0 Å². The summed E-state index contributed by atoms with van der Waals surface area (Å²) in [6, 6.07) is 10.2. The summed E-state index contributed by atoms with van der Waals surface area (Å²) in [7, 11) is 1.56. The van der Waals surface area contributed by atoms with Gasteiger partial charge >= 0.3 is 6.09 Å². The number of carbonyl (C=O) groups is 1. The average Bonchev–Trinajstić information content (AvgIpc) is 2.92. The number of alkyl carbamates (subject to hydrolysis) is 1. The van der Waals surface area contributed by atoms with Gasteiger partial charge in [-0.2, -0.15) is 0 Å². The maximum Gasteiger partial charge on any atom is 0.411 e. The largest absolute Gasteiger partial charge is 0.411 e. The Balaban J connectivity index is 2.32. The molecular weight excluding hydrogens is 310 g/mol. The molecule has 124 valence electrons. The van der Waals surface area contributed by atoms with E-state index in [1.165, 1.54) is 0 Å². The van der Waals surface area contributed by atoms with Crippen LogP contribution in [0.2, 0.25) is 0 Å². The molecule has 23 heavy (non-hydrogen) atoms. The van der Waals surface area contributed by atoms with Crippen molar-refractivity contribution in [1.29, 1.82) is 0 Å².